The van der Waals surface area contributed by atoms with Crippen LogP contribution in [0.5, 0.6) is 0 Å². The highest BCUT2D eigenvalue weighted by Gasteiger charge is 2.25. The van der Waals surface area contributed by atoms with E-state index >= 15 is 0 Å². The lowest BCUT2D eigenvalue weighted by Gasteiger charge is -2.08. The molecule has 2 rings (SSSR count). The van der Waals surface area contributed by atoms with E-state index in [0.29, 0.717) is 10.6 Å². The summed E-state index contributed by atoms with van der Waals surface area (Å²) < 4.78 is 13.0. The van der Waals surface area contributed by atoms with Crippen molar-refractivity contribution >= 4 is 29.1 Å². The summed E-state index contributed by atoms with van der Waals surface area (Å²) in [5, 5.41) is 0.346. The Balaban J connectivity index is 2.27. The topological polar surface area (TPSA) is 17.1 Å². The number of thioether (sulfide) groups is 1. The van der Waals surface area contributed by atoms with Gasteiger partial charge in [-0.3, -0.25) is 4.79 Å². The number of benzene rings is 1. The molecule has 0 aliphatic carbocycles. The van der Waals surface area contributed by atoms with E-state index in [1.54, 1.807) is 11.8 Å². The number of carbonyl (C=O) groups is 1. The van der Waals surface area contributed by atoms with Gasteiger partial charge in [-0.1, -0.05) is 11.6 Å². The molecule has 1 aliphatic heterocycles. The van der Waals surface area contributed by atoms with Gasteiger partial charge in [0.25, 0.3) is 0 Å². The van der Waals surface area contributed by atoms with Crippen molar-refractivity contribution in [3.8, 4) is 0 Å². The van der Waals surface area contributed by atoms with Gasteiger partial charge in [0.2, 0.25) is 0 Å². The molecule has 0 saturated carbocycles. The number of Topliss-reactive ketones (excluding diaryl/α,β-unsaturated/α-hetero) is 1. The van der Waals surface area contributed by atoms with Gasteiger partial charge in [-0.25, -0.2) is 4.39 Å². The van der Waals surface area contributed by atoms with E-state index in [4.69, 9.17) is 11.6 Å². The van der Waals surface area contributed by atoms with Gasteiger partial charge in [0.05, 0.1) is 5.02 Å². The fourth-order valence-electron chi connectivity index (χ4n) is 1.65. The molecule has 1 saturated heterocycles. The number of hydrogen-bond acceptors (Lipinski definition) is 2. The molecule has 0 bridgehead atoms. The quantitative estimate of drug-likeness (QED) is 0.742. The van der Waals surface area contributed by atoms with Gasteiger partial charge < -0.3 is 0 Å². The third-order valence-electron chi connectivity index (χ3n) is 2.49. The molecule has 1 heterocycles. The van der Waals surface area contributed by atoms with E-state index in [0.717, 1.165) is 17.9 Å². The Labute approximate surface area is 97.0 Å². The Morgan fingerprint density at radius 3 is 3.00 bits per heavy atom. The second kappa shape index (κ2) is 4.54. The molecular weight excluding hydrogens is 235 g/mol. The van der Waals surface area contributed by atoms with Crippen molar-refractivity contribution in [1.29, 1.82) is 0 Å². The Bertz CT molecular complexity index is 388. The van der Waals surface area contributed by atoms with Crippen molar-refractivity contribution in [2.75, 3.05) is 11.5 Å². The normalized spacial score (nSPS) is 20.5. The van der Waals surface area contributed by atoms with Gasteiger partial charge in [-0.15, -0.1) is 0 Å². The van der Waals surface area contributed by atoms with Crippen LogP contribution in [-0.2, 0) is 0 Å². The summed E-state index contributed by atoms with van der Waals surface area (Å²) in [4.78, 5) is 12.0. The van der Waals surface area contributed by atoms with Crippen molar-refractivity contribution in [2.45, 2.75) is 6.42 Å². The second-order valence-electron chi connectivity index (χ2n) is 3.55. The fourth-order valence-corrected chi connectivity index (χ4v) is 3.08. The Hall–Kier alpha value is -0.540. The van der Waals surface area contributed by atoms with Crippen LogP contribution in [0.15, 0.2) is 18.2 Å². The van der Waals surface area contributed by atoms with Crippen LogP contribution < -0.4 is 0 Å². The van der Waals surface area contributed by atoms with Crippen LogP contribution in [0.25, 0.3) is 0 Å². The number of hydrogen-bond donors (Lipinski definition) is 0. The first-order valence-corrected chi connectivity index (χ1v) is 6.29. The number of ketones is 1. The molecule has 1 aliphatic rings. The number of rotatable bonds is 2. The van der Waals surface area contributed by atoms with Crippen molar-refractivity contribution in [2.24, 2.45) is 5.92 Å². The molecule has 0 spiro atoms. The lowest BCUT2D eigenvalue weighted by atomic mass is 9.97. The van der Waals surface area contributed by atoms with E-state index in [-0.39, 0.29) is 11.7 Å². The SMILES string of the molecule is O=C(c1cc(F)ccc1Cl)C1CCSC1. The Morgan fingerprint density at radius 2 is 2.33 bits per heavy atom. The van der Waals surface area contributed by atoms with Gasteiger partial charge >= 0.3 is 0 Å². The summed E-state index contributed by atoms with van der Waals surface area (Å²) in [6, 6.07) is 3.93. The predicted octanol–water partition coefficient (Wildman–Crippen LogP) is 3.41. The largest absolute Gasteiger partial charge is 0.294 e. The summed E-state index contributed by atoms with van der Waals surface area (Å²) in [5.74, 6) is 1.40. The monoisotopic (exact) mass is 244 g/mol. The van der Waals surface area contributed by atoms with Crippen LogP contribution in [0.1, 0.15) is 16.8 Å². The molecule has 1 aromatic rings. The molecule has 0 amide bonds. The zero-order valence-electron chi connectivity index (χ0n) is 8.00. The third kappa shape index (κ3) is 2.34. The first kappa shape index (κ1) is 11.0. The molecule has 0 N–H and O–H groups in total. The average Bonchev–Trinajstić information content (AvgIpc) is 2.74. The Morgan fingerprint density at radius 1 is 1.53 bits per heavy atom. The van der Waals surface area contributed by atoms with Crippen LogP contribution in [0.4, 0.5) is 4.39 Å². The predicted molar refractivity (Wildman–Crippen MR) is 61.2 cm³/mol. The van der Waals surface area contributed by atoms with Gasteiger partial charge in [0, 0.05) is 17.2 Å². The molecule has 0 aromatic heterocycles. The first-order valence-electron chi connectivity index (χ1n) is 4.75. The molecule has 1 aromatic carbocycles. The van der Waals surface area contributed by atoms with Gasteiger partial charge in [0.1, 0.15) is 5.82 Å². The second-order valence-corrected chi connectivity index (χ2v) is 5.11. The van der Waals surface area contributed by atoms with E-state index in [1.807, 2.05) is 0 Å². The summed E-state index contributed by atoms with van der Waals surface area (Å²) in [6.07, 6.45) is 0.871. The lowest BCUT2D eigenvalue weighted by molar-refractivity contribution is 0.0933. The molecule has 1 unspecified atom stereocenters. The highest BCUT2D eigenvalue weighted by atomic mass is 35.5. The van der Waals surface area contributed by atoms with Crippen LogP contribution in [0, 0.1) is 11.7 Å². The summed E-state index contributed by atoms with van der Waals surface area (Å²) in [6.45, 7) is 0. The molecule has 1 nitrogen and oxygen atoms in total. The van der Waals surface area contributed by atoms with Crippen LogP contribution >= 0.6 is 23.4 Å². The minimum Gasteiger partial charge on any atom is -0.294 e. The zero-order chi connectivity index (χ0) is 10.8. The summed E-state index contributed by atoms with van der Waals surface area (Å²) in [7, 11) is 0. The molecule has 80 valence electrons. The maximum atomic E-state index is 13.0. The maximum Gasteiger partial charge on any atom is 0.168 e. The van der Waals surface area contributed by atoms with Crippen LogP contribution in [0.3, 0.4) is 0 Å². The minimum absolute atomic E-state index is 0.00861. The van der Waals surface area contributed by atoms with Gasteiger partial charge in [-0.2, -0.15) is 11.8 Å². The van der Waals surface area contributed by atoms with Gasteiger partial charge in [0.15, 0.2) is 5.78 Å². The number of halogens is 2. The highest BCUT2D eigenvalue weighted by molar-refractivity contribution is 7.99. The molecular formula is C11H10ClFOS. The Kier molecular flexibility index (Phi) is 3.32. The van der Waals surface area contributed by atoms with E-state index in [9.17, 15) is 9.18 Å². The smallest absolute Gasteiger partial charge is 0.168 e. The van der Waals surface area contributed by atoms with Crippen molar-refractivity contribution in [3.63, 3.8) is 0 Å². The van der Waals surface area contributed by atoms with E-state index < -0.39 is 5.82 Å². The molecule has 1 fully saturated rings. The molecule has 4 heteroatoms. The zero-order valence-corrected chi connectivity index (χ0v) is 9.58. The van der Waals surface area contributed by atoms with Crippen molar-refractivity contribution < 1.29 is 9.18 Å². The molecule has 0 radical (unpaired) electrons. The van der Waals surface area contributed by atoms with E-state index in [2.05, 4.69) is 0 Å². The average molecular weight is 245 g/mol. The van der Waals surface area contributed by atoms with Crippen LogP contribution in [0.2, 0.25) is 5.02 Å². The first-order chi connectivity index (χ1) is 7.18. The highest BCUT2D eigenvalue weighted by Crippen LogP contribution is 2.29. The van der Waals surface area contributed by atoms with Gasteiger partial charge in [-0.05, 0) is 30.4 Å². The lowest BCUT2D eigenvalue weighted by Crippen LogP contribution is -2.14. The minimum atomic E-state index is -0.409. The van der Waals surface area contributed by atoms with Crippen molar-refractivity contribution in [3.05, 3.63) is 34.6 Å². The maximum absolute atomic E-state index is 13.0. The number of carbonyl (C=O) groups excluding carboxylic acids is 1. The summed E-state index contributed by atoms with van der Waals surface area (Å²) >= 11 is 7.63. The summed E-state index contributed by atoms with van der Waals surface area (Å²) in [5.41, 5.74) is 0.323. The molecule has 1 atom stereocenters. The standard InChI is InChI=1S/C11H10ClFOS/c12-10-2-1-8(13)5-9(10)11(14)7-3-4-15-6-7/h1-2,5,7H,3-4,6H2. The van der Waals surface area contributed by atoms with Crippen LogP contribution in [-0.4, -0.2) is 17.3 Å². The third-order valence-corrected chi connectivity index (χ3v) is 3.99. The van der Waals surface area contributed by atoms with E-state index in [1.165, 1.54) is 18.2 Å². The molecule has 15 heavy (non-hydrogen) atoms. The van der Waals surface area contributed by atoms with Crippen molar-refractivity contribution in [1.82, 2.24) is 0 Å². The fraction of sp³-hybridized carbons (Fsp3) is 0.364.